The number of sulfonamides is 1. The highest BCUT2D eigenvalue weighted by Gasteiger charge is 2.13. The van der Waals surface area contributed by atoms with Crippen molar-refractivity contribution in [1.29, 1.82) is 0 Å². The average molecular weight is 361 g/mol. The Morgan fingerprint density at radius 3 is 2.20 bits per heavy atom. The van der Waals surface area contributed by atoms with Crippen LogP contribution in [-0.4, -0.2) is 13.4 Å². The van der Waals surface area contributed by atoms with E-state index >= 15 is 0 Å². The lowest BCUT2D eigenvalue weighted by molar-refractivity contribution is 0.509. The molecule has 0 bridgehead atoms. The van der Waals surface area contributed by atoms with E-state index in [0.717, 1.165) is 12.1 Å². The molecule has 5 nitrogen and oxygen atoms in total. The second kappa shape index (κ2) is 6.86. The van der Waals surface area contributed by atoms with Gasteiger partial charge in [-0.25, -0.2) is 22.2 Å². The van der Waals surface area contributed by atoms with Gasteiger partial charge < -0.3 is 5.32 Å². The van der Waals surface area contributed by atoms with E-state index in [1.54, 1.807) is 18.2 Å². The molecule has 0 atom stereocenters. The van der Waals surface area contributed by atoms with E-state index in [0.29, 0.717) is 11.5 Å². The number of rotatable bonds is 5. The van der Waals surface area contributed by atoms with Crippen LogP contribution in [0.25, 0.3) is 0 Å². The zero-order chi connectivity index (χ0) is 17.9. The summed E-state index contributed by atoms with van der Waals surface area (Å²) >= 11 is 0. The van der Waals surface area contributed by atoms with Crippen molar-refractivity contribution in [3.05, 3.63) is 78.5 Å². The molecule has 2 N–H and O–H groups in total. The number of nitrogens with zero attached hydrogens (tertiary/aromatic N) is 1. The summed E-state index contributed by atoms with van der Waals surface area (Å²) in [7, 11) is -3.70. The minimum Gasteiger partial charge on any atom is -0.340 e. The van der Waals surface area contributed by atoms with Crippen molar-refractivity contribution in [2.45, 2.75) is 4.90 Å². The van der Waals surface area contributed by atoms with Crippen LogP contribution in [0.3, 0.4) is 0 Å². The topological polar surface area (TPSA) is 71.1 Å². The van der Waals surface area contributed by atoms with Gasteiger partial charge in [-0.05, 0) is 36.4 Å². The molecule has 1 aromatic heterocycles. The Morgan fingerprint density at radius 1 is 0.840 bits per heavy atom. The van der Waals surface area contributed by atoms with E-state index in [9.17, 15) is 17.2 Å². The van der Waals surface area contributed by atoms with Gasteiger partial charge in [0.25, 0.3) is 10.0 Å². The summed E-state index contributed by atoms with van der Waals surface area (Å²) in [6.07, 6.45) is 1.32. The summed E-state index contributed by atoms with van der Waals surface area (Å²) in [5.41, 5.74) is 0.601. The number of pyridine rings is 1. The first-order valence-corrected chi connectivity index (χ1v) is 8.68. The minimum absolute atomic E-state index is 0.138. The van der Waals surface area contributed by atoms with E-state index in [1.807, 2.05) is 0 Å². The van der Waals surface area contributed by atoms with Crippen LogP contribution >= 0.6 is 0 Å². The molecule has 128 valence electrons. The molecule has 25 heavy (non-hydrogen) atoms. The van der Waals surface area contributed by atoms with E-state index in [4.69, 9.17) is 0 Å². The third kappa shape index (κ3) is 4.10. The third-order valence-electron chi connectivity index (χ3n) is 3.26. The van der Waals surface area contributed by atoms with E-state index in [-0.39, 0.29) is 10.6 Å². The van der Waals surface area contributed by atoms with E-state index in [2.05, 4.69) is 15.0 Å². The van der Waals surface area contributed by atoms with Crippen molar-refractivity contribution in [3.8, 4) is 0 Å². The fraction of sp³-hybridized carbons (Fsp3) is 0. The Bertz CT molecular complexity index is 979. The Balaban J connectivity index is 1.73. The summed E-state index contributed by atoms with van der Waals surface area (Å²) < 4.78 is 52.9. The first-order chi connectivity index (χ1) is 11.9. The van der Waals surface area contributed by atoms with Crippen LogP contribution in [0.5, 0.6) is 0 Å². The molecule has 0 fully saturated rings. The molecule has 0 aliphatic rings. The van der Waals surface area contributed by atoms with Gasteiger partial charge in [0.1, 0.15) is 5.82 Å². The maximum Gasteiger partial charge on any atom is 0.261 e. The number of benzene rings is 2. The van der Waals surface area contributed by atoms with Crippen LogP contribution in [0, 0.1) is 11.6 Å². The zero-order valence-corrected chi connectivity index (χ0v) is 13.6. The molecule has 0 spiro atoms. The molecule has 0 saturated heterocycles. The lowest BCUT2D eigenvalue weighted by Crippen LogP contribution is -2.13. The second-order valence-electron chi connectivity index (χ2n) is 5.10. The van der Waals surface area contributed by atoms with Crippen LogP contribution in [0.4, 0.5) is 26.0 Å². The molecule has 0 amide bonds. The molecule has 0 saturated carbocycles. The Hall–Kier alpha value is -3.00. The number of halogens is 2. The highest BCUT2D eigenvalue weighted by molar-refractivity contribution is 7.92. The summed E-state index contributed by atoms with van der Waals surface area (Å²) in [4.78, 5) is 4.19. The third-order valence-corrected chi connectivity index (χ3v) is 4.66. The van der Waals surface area contributed by atoms with Crippen molar-refractivity contribution in [1.82, 2.24) is 4.98 Å². The Morgan fingerprint density at radius 2 is 1.56 bits per heavy atom. The fourth-order valence-corrected chi connectivity index (χ4v) is 3.13. The average Bonchev–Trinajstić information content (AvgIpc) is 2.60. The lowest BCUT2D eigenvalue weighted by atomic mass is 10.3. The van der Waals surface area contributed by atoms with Crippen molar-refractivity contribution in [2.75, 3.05) is 10.0 Å². The standard InChI is InChI=1S/C17H13F2N3O2S/c18-15-8-6-12(10-16(15)19)21-17-9-7-13(11-20-17)22-25(23,24)14-4-2-1-3-5-14/h1-11,22H,(H,20,21). The van der Waals surface area contributed by atoms with Crippen LogP contribution in [-0.2, 0) is 10.0 Å². The molecular weight excluding hydrogens is 348 g/mol. The molecule has 1 heterocycles. The fourth-order valence-electron chi connectivity index (χ4n) is 2.06. The lowest BCUT2D eigenvalue weighted by Gasteiger charge is -2.09. The summed E-state index contributed by atoms with van der Waals surface area (Å²) in [5, 5.41) is 2.80. The van der Waals surface area contributed by atoms with Gasteiger partial charge in [-0.2, -0.15) is 0 Å². The summed E-state index contributed by atoms with van der Waals surface area (Å²) in [6.45, 7) is 0. The number of nitrogens with one attached hydrogen (secondary N) is 2. The van der Waals surface area contributed by atoms with Gasteiger partial charge in [0, 0.05) is 11.8 Å². The van der Waals surface area contributed by atoms with Gasteiger partial charge in [-0.3, -0.25) is 4.72 Å². The number of hydrogen-bond donors (Lipinski definition) is 2. The van der Waals surface area contributed by atoms with Crippen molar-refractivity contribution < 1.29 is 17.2 Å². The Labute approximate surface area is 143 Å². The van der Waals surface area contributed by atoms with Gasteiger partial charge >= 0.3 is 0 Å². The molecule has 0 unspecified atom stereocenters. The van der Waals surface area contributed by atoms with Crippen molar-refractivity contribution in [2.24, 2.45) is 0 Å². The van der Waals surface area contributed by atoms with Crippen molar-refractivity contribution >= 4 is 27.2 Å². The maximum absolute atomic E-state index is 13.2. The van der Waals surface area contributed by atoms with Gasteiger partial charge in [0.2, 0.25) is 0 Å². The summed E-state index contributed by atoms with van der Waals surface area (Å²) in [5.74, 6) is -1.56. The zero-order valence-electron chi connectivity index (χ0n) is 12.8. The molecule has 8 heteroatoms. The molecule has 0 aliphatic carbocycles. The van der Waals surface area contributed by atoms with Gasteiger partial charge in [-0.1, -0.05) is 18.2 Å². The molecular formula is C17H13F2N3O2S. The normalized spacial score (nSPS) is 11.1. The number of aromatic nitrogens is 1. The first-order valence-electron chi connectivity index (χ1n) is 7.20. The maximum atomic E-state index is 13.2. The monoisotopic (exact) mass is 361 g/mol. The van der Waals surface area contributed by atoms with E-state index in [1.165, 1.54) is 36.5 Å². The molecule has 2 aromatic carbocycles. The van der Waals surface area contributed by atoms with Gasteiger partial charge in [0.15, 0.2) is 11.6 Å². The predicted molar refractivity (Wildman–Crippen MR) is 91.1 cm³/mol. The van der Waals surface area contributed by atoms with Crippen LogP contribution in [0.15, 0.2) is 71.8 Å². The SMILES string of the molecule is O=S(=O)(Nc1ccc(Nc2ccc(F)c(F)c2)nc1)c1ccccc1. The quantitative estimate of drug-likeness (QED) is 0.723. The molecule has 3 aromatic rings. The molecule has 0 aliphatic heterocycles. The van der Waals surface area contributed by atoms with E-state index < -0.39 is 21.7 Å². The highest BCUT2D eigenvalue weighted by Crippen LogP contribution is 2.20. The van der Waals surface area contributed by atoms with Crippen LogP contribution < -0.4 is 10.0 Å². The summed E-state index contributed by atoms with van der Waals surface area (Å²) in [6, 6.07) is 14.3. The number of hydrogen-bond acceptors (Lipinski definition) is 4. The molecule has 0 radical (unpaired) electrons. The van der Waals surface area contributed by atoms with Crippen LogP contribution in [0.1, 0.15) is 0 Å². The second-order valence-corrected chi connectivity index (χ2v) is 6.79. The van der Waals surface area contributed by atoms with Crippen molar-refractivity contribution in [3.63, 3.8) is 0 Å². The minimum atomic E-state index is -3.70. The van der Waals surface area contributed by atoms with Crippen LogP contribution in [0.2, 0.25) is 0 Å². The number of anilines is 3. The van der Waals surface area contributed by atoms with Gasteiger partial charge in [0.05, 0.1) is 16.8 Å². The van der Waals surface area contributed by atoms with Gasteiger partial charge in [-0.15, -0.1) is 0 Å². The highest BCUT2D eigenvalue weighted by atomic mass is 32.2. The molecule has 3 rings (SSSR count). The Kier molecular flexibility index (Phi) is 4.62. The largest absolute Gasteiger partial charge is 0.340 e. The predicted octanol–water partition coefficient (Wildman–Crippen LogP) is 3.90. The smallest absolute Gasteiger partial charge is 0.261 e. The first kappa shape index (κ1) is 16.8.